The molecule has 2 aromatic rings. The van der Waals surface area contributed by atoms with Crippen molar-refractivity contribution in [2.45, 2.75) is 37.9 Å². The number of amides is 1. The molecule has 8 heteroatoms. The zero-order valence-corrected chi connectivity index (χ0v) is 14.9. The third kappa shape index (κ3) is 4.39. The molecule has 0 radical (unpaired) electrons. The summed E-state index contributed by atoms with van der Waals surface area (Å²) in [5, 5.41) is 12.1. The van der Waals surface area contributed by atoms with Crippen LogP contribution < -0.4 is 11.2 Å². The van der Waals surface area contributed by atoms with Crippen LogP contribution in [-0.4, -0.2) is 32.1 Å². The predicted molar refractivity (Wildman–Crippen MR) is 93.9 cm³/mol. The van der Waals surface area contributed by atoms with Crippen LogP contribution in [0.25, 0.3) is 11.4 Å². The second-order valence-corrected chi connectivity index (χ2v) is 7.08. The van der Waals surface area contributed by atoms with Gasteiger partial charge in [-0.3, -0.25) is 4.79 Å². The van der Waals surface area contributed by atoms with Crippen LogP contribution in [0.2, 0.25) is 5.02 Å². The molecule has 6 nitrogen and oxygen atoms in total. The van der Waals surface area contributed by atoms with E-state index in [4.69, 9.17) is 17.4 Å². The van der Waals surface area contributed by atoms with Crippen LogP contribution >= 0.6 is 23.4 Å². The number of thioether (sulfide) groups is 1. The maximum atomic E-state index is 12.0. The van der Waals surface area contributed by atoms with E-state index >= 15 is 0 Å². The number of carbonyl (C=O) groups is 1. The quantitative estimate of drug-likeness (QED) is 0.616. The molecule has 0 spiro atoms. The summed E-state index contributed by atoms with van der Waals surface area (Å²) >= 11 is 7.39. The van der Waals surface area contributed by atoms with Gasteiger partial charge >= 0.3 is 0 Å². The minimum atomic E-state index is -0.225. The fourth-order valence-corrected chi connectivity index (χ4v) is 2.71. The van der Waals surface area contributed by atoms with E-state index in [1.54, 1.807) is 6.07 Å². The lowest BCUT2D eigenvalue weighted by molar-refractivity contribution is -0.120. The third-order valence-corrected chi connectivity index (χ3v) is 4.75. The first-order valence-corrected chi connectivity index (χ1v) is 8.59. The second-order valence-electron chi connectivity index (χ2n) is 5.73. The first-order chi connectivity index (χ1) is 10.8. The van der Waals surface area contributed by atoms with Gasteiger partial charge in [0.2, 0.25) is 11.1 Å². The van der Waals surface area contributed by atoms with Crippen molar-refractivity contribution in [1.82, 2.24) is 20.2 Å². The van der Waals surface area contributed by atoms with Crippen LogP contribution in [0.5, 0.6) is 0 Å². The highest BCUT2D eigenvalue weighted by atomic mass is 35.5. The lowest BCUT2D eigenvalue weighted by atomic mass is 10.0. The van der Waals surface area contributed by atoms with Gasteiger partial charge in [0.15, 0.2) is 5.82 Å². The minimum Gasteiger partial charge on any atom is -0.351 e. The van der Waals surface area contributed by atoms with Crippen molar-refractivity contribution >= 4 is 29.3 Å². The molecule has 0 atom stereocenters. The van der Waals surface area contributed by atoms with Gasteiger partial charge in [0.05, 0.1) is 10.8 Å². The number of nitrogens with one attached hydrogen (secondary N) is 1. The van der Waals surface area contributed by atoms with E-state index < -0.39 is 0 Å². The summed E-state index contributed by atoms with van der Waals surface area (Å²) in [5.74, 6) is 6.65. The number of nitrogens with two attached hydrogens (primary N) is 1. The number of aromatic nitrogens is 3. The molecule has 0 unspecified atom stereocenters. The number of hydrogen-bond acceptors (Lipinski definition) is 5. The fraction of sp³-hybridized carbons (Fsp3) is 0.400. The highest BCUT2D eigenvalue weighted by molar-refractivity contribution is 7.99. The largest absolute Gasteiger partial charge is 0.351 e. The van der Waals surface area contributed by atoms with Crippen molar-refractivity contribution in [2.75, 3.05) is 11.6 Å². The average molecular weight is 354 g/mol. The van der Waals surface area contributed by atoms with Crippen molar-refractivity contribution in [2.24, 2.45) is 0 Å². The molecule has 3 N–H and O–H groups in total. The van der Waals surface area contributed by atoms with Gasteiger partial charge in [-0.05, 0) is 32.4 Å². The fourth-order valence-electron chi connectivity index (χ4n) is 1.83. The van der Waals surface area contributed by atoms with Gasteiger partial charge in [0.1, 0.15) is 0 Å². The minimum absolute atomic E-state index is 0.0656. The van der Waals surface area contributed by atoms with Crippen LogP contribution in [0.4, 0.5) is 0 Å². The van der Waals surface area contributed by atoms with Crippen LogP contribution in [0.1, 0.15) is 27.2 Å². The molecule has 0 aliphatic rings. The first kappa shape index (κ1) is 17.6. The van der Waals surface area contributed by atoms with Crippen LogP contribution in [-0.2, 0) is 4.79 Å². The highest BCUT2D eigenvalue weighted by Gasteiger charge is 2.19. The van der Waals surface area contributed by atoms with Gasteiger partial charge in [-0.25, -0.2) is 4.68 Å². The topological polar surface area (TPSA) is 85.8 Å². The molecule has 0 bridgehead atoms. The molecule has 0 aliphatic carbocycles. The van der Waals surface area contributed by atoms with Gasteiger partial charge in [0.25, 0.3) is 0 Å². The number of halogens is 1. The normalized spacial score (nSPS) is 11.5. The molecule has 23 heavy (non-hydrogen) atoms. The van der Waals surface area contributed by atoms with Crippen molar-refractivity contribution < 1.29 is 4.79 Å². The van der Waals surface area contributed by atoms with E-state index in [-0.39, 0.29) is 17.2 Å². The molecule has 0 fully saturated rings. The zero-order valence-electron chi connectivity index (χ0n) is 13.3. The third-order valence-electron chi connectivity index (χ3n) is 3.47. The standard InChI is InChI=1S/C15H20ClN5OS/c1-4-15(2,3)18-12(22)9-23-14-20-19-13(21(14)17)10-7-5-6-8-11(10)16/h5-8H,4,9,17H2,1-3H3,(H,18,22). The molecule has 1 aromatic heterocycles. The monoisotopic (exact) mass is 353 g/mol. The van der Waals surface area contributed by atoms with E-state index in [0.29, 0.717) is 21.6 Å². The summed E-state index contributed by atoms with van der Waals surface area (Å²) in [6.45, 7) is 5.99. The zero-order chi connectivity index (χ0) is 17.0. The van der Waals surface area contributed by atoms with Gasteiger partial charge in [-0.1, -0.05) is 42.4 Å². The maximum absolute atomic E-state index is 12.0. The van der Waals surface area contributed by atoms with Crippen molar-refractivity contribution in [3.63, 3.8) is 0 Å². The maximum Gasteiger partial charge on any atom is 0.230 e. The Morgan fingerprint density at radius 2 is 2.09 bits per heavy atom. The molecular weight excluding hydrogens is 334 g/mol. The Hall–Kier alpha value is -1.73. The predicted octanol–water partition coefficient (Wildman–Crippen LogP) is 2.71. The Bertz CT molecular complexity index is 701. The molecule has 0 aliphatic heterocycles. The summed E-state index contributed by atoms with van der Waals surface area (Å²) in [6, 6.07) is 7.26. The number of carbonyl (C=O) groups excluding carboxylic acids is 1. The van der Waals surface area contributed by atoms with Gasteiger partial charge in [-0.15, -0.1) is 10.2 Å². The lowest BCUT2D eigenvalue weighted by Crippen LogP contribution is -2.43. The molecule has 1 aromatic carbocycles. The number of benzene rings is 1. The second kappa shape index (κ2) is 7.23. The molecule has 124 valence electrons. The Morgan fingerprint density at radius 1 is 1.39 bits per heavy atom. The van der Waals surface area contributed by atoms with Crippen LogP contribution in [0, 0.1) is 0 Å². The molecule has 2 rings (SSSR count). The molecule has 1 amide bonds. The van der Waals surface area contributed by atoms with Gasteiger partial charge < -0.3 is 11.2 Å². The van der Waals surface area contributed by atoms with E-state index in [1.165, 1.54) is 16.4 Å². The van der Waals surface area contributed by atoms with E-state index in [1.807, 2.05) is 39.0 Å². The Balaban J connectivity index is 2.06. The van der Waals surface area contributed by atoms with E-state index in [2.05, 4.69) is 15.5 Å². The van der Waals surface area contributed by atoms with E-state index in [9.17, 15) is 4.79 Å². The SMILES string of the molecule is CCC(C)(C)NC(=O)CSc1nnc(-c2ccccc2Cl)n1N. The summed E-state index contributed by atoms with van der Waals surface area (Å²) in [6.07, 6.45) is 0.854. The number of rotatable bonds is 6. The van der Waals surface area contributed by atoms with Crippen LogP contribution in [0.3, 0.4) is 0 Å². The first-order valence-electron chi connectivity index (χ1n) is 7.23. The highest BCUT2D eigenvalue weighted by Crippen LogP contribution is 2.27. The van der Waals surface area contributed by atoms with Gasteiger partial charge in [-0.2, -0.15) is 0 Å². The Morgan fingerprint density at radius 3 is 2.74 bits per heavy atom. The molecular formula is C15H20ClN5OS. The summed E-state index contributed by atoms with van der Waals surface area (Å²) in [5.41, 5.74) is 0.476. The van der Waals surface area contributed by atoms with Crippen molar-refractivity contribution in [3.8, 4) is 11.4 Å². The summed E-state index contributed by atoms with van der Waals surface area (Å²) in [4.78, 5) is 12.0. The smallest absolute Gasteiger partial charge is 0.230 e. The lowest BCUT2D eigenvalue weighted by Gasteiger charge is -2.24. The Kier molecular flexibility index (Phi) is 5.54. The summed E-state index contributed by atoms with van der Waals surface area (Å²) in [7, 11) is 0. The number of hydrogen-bond donors (Lipinski definition) is 2. The molecule has 1 heterocycles. The average Bonchev–Trinajstić information content (AvgIpc) is 2.86. The van der Waals surface area contributed by atoms with Crippen LogP contribution in [0.15, 0.2) is 29.4 Å². The molecule has 0 saturated carbocycles. The molecule has 0 saturated heterocycles. The summed E-state index contributed by atoms with van der Waals surface area (Å²) < 4.78 is 1.35. The van der Waals surface area contributed by atoms with Gasteiger partial charge in [0, 0.05) is 11.1 Å². The van der Waals surface area contributed by atoms with Crippen molar-refractivity contribution in [1.29, 1.82) is 0 Å². The Labute approximate surface area is 144 Å². The number of nitrogens with zero attached hydrogens (tertiary/aromatic N) is 3. The number of nitrogen functional groups attached to an aromatic ring is 1. The van der Waals surface area contributed by atoms with Crippen molar-refractivity contribution in [3.05, 3.63) is 29.3 Å². The van der Waals surface area contributed by atoms with E-state index in [0.717, 1.165) is 6.42 Å².